The zero-order valence-electron chi connectivity index (χ0n) is 15.1. The Morgan fingerprint density at radius 3 is 2.58 bits per heavy atom. The fourth-order valence-electron chi connectivity index (χ4n) is 2.46. The number of benzene rings is 1. The third-order valence-electron chi connectivity index (χ3n) is 4.12. The van der Waals surface area contributed by atoms with Crippen LogP contribution in [0, 0.1) is 20.8 Å². The average Bonchev–Trinajstić information content (AvgIpc) is 2.95. The molecule has 24 heavy (non-hydrogen) atoms. The normalized spacial score (nSPS) is 12.2. The third kappa shape index (κ3) is 4.61. The summed E-state index contributed by atoms with van der Waals surface area (Å²) in [6, 6.07) is 9.69. The summed E-state index contributed by atoms with van der Waals surface area (Å²) in [6.45, 7) is 6.39. The number of carbonyl (C=O) groups excluding carboxylic acids is 1. The molecule has 0 aliphatic carbocycles. The number of amides is 1. The monoisotopic (exact) mass is 330 g/mol. The average molecular weight is 330 g/mol. The predicted molar refractivity (Wildman–Crippen MR) is 94.3 cm³/mol. The quantitative estimate of drug-likeness (QED) is 0.848. The van der Waals surface area contributed by atoms with E-state index >= 15 is 0 Å². The van der Waals surface area contributed by atoms with Gasteiger partial charge in [-0.2, -0.15) is 0 Å². The Morgan fingerprint density at radius 2 is 1.96 bits per heavy atom. The van der Waals surface area contributed by atoms with Gasteiger partial charge in [0.05, 0.1) is 6.04 Å². The fraction of sp³-hybridized carbons (Fsp3) is 0.421. The van der Waals surface area contributed by atoms with Crippen molar-refractivity contribution in [1.82, 2.24) is 10.2 Å². The highest BCUT2D eigenvalue weighted by molar-refractivity contribution is 5.77. The van der Waals surface area contributed by atoms with Gasteiger partial charge in [0.2, 0.25) is 0 Å². The van der Waals surface area contributed by atoms with Crippen LogP contribution >= 0.6 is 0 Å². The first-order chi connectivity index (χ1) is 11.4. The minimum absolute atomic E-state index is 0.00161. The van der Waals surface area contributed by atoms with E-state index in [0.717, 1.165) is 28.4 Å². The number of aryl methyl sites for hydroxylation is 2. The molecule has 1 atom stereocenters. The molecule has 2 aromatic rings. The predicted octanol–water partition coefficient (Wildman–Crippen LogP) is 3.00. The Labute approximate surface area is 143 Å². The zero-order valence-corrected chi connectivity index (χ0v) is 15.1. The lowest BCUT2D eigenvalue weighted by atomic mass is 10.1. The Bertz CT molecular complexity index is 692. The van der Waals surface area contributed by atoms with Crippen LogP contribution in [0.1, 0.15) is 28.7 Å². The molecule has 0 radical (unpaired) electrons. The van der Waals surface area contributed by atoms with Crippen LogP contribution in [0.4, 0.5) is 0 Å². The minimum atomic E-state index is -0.147. The van der Waals surface area contributed by atoms with Crippen LogP contribution in [-0.2, 0) is 4.79 Å². The van der Waals surface area contributed by atoms with E-state index in [2.05, 4.69) is 5.32 Å². The molecule has 0 spiro atoms. The molecule has 0 bridgehead atoms. The topological polar surface area (TPSA) is 54.7 Å². The summed E-state index contributed by atoms with van der Waals surface area (Å²) >= 11 is 0. The van der Waals surface area contributed by atoms with Crippen molar-refractivity contribution in [2.75, 3.05) is 27.2 Å². The van der Waals surface area contributed by atoms with Crippen LogP contribution in [0.15, 0.2) is 34.7 Å². The number of hydrogen-bond acceptors (Lipinski definition) is 4. The molecule has 0 saturated heterocycles. The highest BCUT2D eigenvalue weighted by Gasteiger charge is 2.18. The first-order valence-electron chi connectivity index (χ1n) is 8.07. The van der Waals surface area contributed by atoms with E-state index in [1.165, 1.54) is 0 Å². The number of likely N-dealkylation sites (N-methyl/N-ethyl adjacent to an activating group) is 1. The van der Waals surface area contributed by atoms with E-state index in [9.17, 15) is 4.79 Å². The van der Waals surface area contributed by atoms with Crippen molar-refractivity contribution >= 4 is 5.91 Å². The second-order valence-electron chi connectivity index (χ2n) is 6.22. The summed E-state index contributed by atoms with van der Waals surface area (Å²) in [5.41, 5.74) is 2.20. The minimum Gasteiger partial charge on any atom is -0.483 e. The molecule has 0 saturated carbocycles. The molecular weight excluding hydrogens is 304 g/mol. The second kappa shape index (κ2) is 8.02. The van der Waals surface area contributed by atoms with Crippen molar-refractivity contribution in [3.63, 3.8) is 0 Å². The van der Waals surface area contributed by atoms with E-state index in [-0.39, 0.29) is 18.6 Å². The summed E-state index contributed by atoms with van der Waals surface area (Å²) in [4.78, 5) is 14.1. The number of furan rings is 1. The highest BCUT2D eigenvalue weighted by Crippen LogP contribution is 2.21. The van der Waals surface area contributed by atoms with E-state index in [1.807, 2.05) is 70.1 Å². The van der Waals surface area contributed by atoms with E-state index in [4.69, 9.17) is 9.15 Å². The van der Waals surface area contributed by atoms with Crippen LogP contribution in [-0.4, -0.2) is 38.1 Å². The van der Waals surface area contributed by atoms with Gasteiger partial charge >= 0.3 is 0 Å². The van der Waals surface area contributed by atoms with Crippen molar-refractivity contribution in [2.45, 2.75) is 26.8 Å². The Balaban J connectivity index is 1.88. The molecule has 1 heterocycles. The Morgan fingerprint density at radius 1 is 1.21 bits per heavy atom. The van der Waals surface area contributed by atoms with Crippen LogP contribution in [0.2, 0.25) is 0 Å². The van der Waals surface area contributed by atoms with Gasteiger partial charge in [-0.3, -0.25) is 9.69 Å². The molecule has 1 N–H and O–H groups in total. The van der Waals surface area contributed by atoms with Gasteiger partial charge in [0.15, 0.2) is 6.61 Å². The third-order valence-corrected chi connectivity index (χ3v) is 4.12. The highest BCUT2D eigenvalue weighted by atomic mass is 16.5. The molecule has 5 nitrogen and oxygen atoms in total. The van der Waals surface area contributed by atoms with Gasteiger partial charge < -0.3 is 14.5 Å². The number of nitrogens with one attached hydrogen (secondary N) is 1. The number of carbonyl (C=O) groups is 1. The van der Waals surface area contributed by atoms with Crippen molar-refractivity contribution in [3.05, 3.63) is 53.0 Å². The smallest absolute Gasteiger partial charge is 0.258 e. The van der Waals surface area contributed by atoms with Crippen molar-refractivity contribution in [1.29, 1.82) is 0 Å². The maximum absolute atomic E-state index is 12.1. The number of ether oxygens (including phenoxy) is 1. The largest absolute Gasteiger partial charge is 0.483 e. The Hall–Kier alpha value is -2.27. The summed E-state index contributed by atoms with van der Waals surface area (Å²) < 4.78 is 11.3. The first-order valence-corrected chi connectivity index (χ1v) is 8.07. The summed E-state index contributed by atoms with van der Waals surface area (Å²) in [5.74, 6) is 2.30. The van der Waals surface area contributed by atoms with Gasteiger partial charge in [-0.05, 0) is 64.2 Å². The molecule has 130 valence electrons. The van der Waals surface area contributed by atoms with Crippen molar-refractivity contribution < 1.29 is 13.9 Å². The fourth-order valence-corrected chi connectivity index (χ4v) is 2.46. The maximum atomic E-state index is 12.1. The molecule has 5 heteroatoms. The van der Waals surface area contributed by atoms with Crippen LogP contribution in [0.5, 0.6) is 5.75 Å². The summed E-state index contributed by atoms with van der Waals surface area (Å²) in [7, 11) is 3.92. The molecule has 1 amide bonds. The van der Waals surface area contributed by atoms with Gasteiger partial charge in [-0.1, -0.05) is 12.1 Å². The lowest BCUT2D eigenvalue weighted by Crippen LogP contribution is -2.36. The van der Waals surface area contributed by atoms with Crippen molar-refractivity contribution in [2.24, 2.45) is 0 Å². The van der Waals surface area contributed by atoms with Crippen LogP contribution in [0.3, 0.4) is 0 Å². The molecule has 2 rings (SSSR count). The van der Waals surface area contributed by atoms with Gasteiger partial charge in [0, 0.05) is 6.54 Å². The van der Waals surface area contributed by atoms with E-state index < -0.39 is 0 Å². The van der Waals surface area contributed by atoms with E-state index in [1.54, 1.807) is 0 Å². The SMILES string of the molecule is Cc1ccc([C@@H](CNC(=O)COc2cccc(C)c2C)N(C)C)o1. The van der Waals surface area contributed by atoms with Crippen molar-refractivity contribution in [3.8, 4) is 5.75 Å². The standard InChI is InChI=1S/C19H26N2O3/c1-13-7-6-8-17(15(13)3)23-12-19(22)20-11-16(21(4)5)18-10-9-14(2)24-18/h6-10,16H,11-12H2,1-5H3,(H,20,22)/t16-/m1/s1. The molecule has 1 aromatic carbocycles. The van der Waals surface area contributed by atoms with Crippen LogP contribution < -0.4 is 10.1 Å². The zero-order chi connectivity index (χ0) is 17.7. The second-order valence-corrected chi connectivity index (χ2v) is 6.22. The van der Waals surface area contributed by atoms with Crippen LogP contribution in [0.25, 0.3) is 0 Å². The maximum Gasteiger partial charge on any atom is 0.258 e. The van der Waals surface area contributed by atoms with E-state index in [0.29, 0.717) is 6.54 Å². The van der Waals surface area contributed by atoms with Gasteiger partial charge in [-0.25, -0.2) is 0 Å². The molecule has 1 aromatic heterocycles. The lowest BCUT2D eigenvalue weighted by Gasteiger charge is -2.22. The summed E-state index contributed by atoms with van der Waals surface area (Å²) in [5, 5.41) is 2.91. The number of hydrogen-bond donors (Lipinski definition) is 1. The first kappa shape index (κ1) is 18.1. The number of nitrogens with zero attached hydrogens (tertiary/aromatic N) is 1. The van der Waals surface area contributed by atoms with Gasteiger partial charge in [0.1, 0.15) is 17.3 Å². The number of rotatable bonds is 7. The molecule has 0 aliphatic heterocycles. The molecule has 0 unspecified atom stereocenters. The molecule has 0 fully saturated rings. The lowest BCUT2D eigenvalue weighted by molar-refractivity contribution is -0.123. The molecule has 0 aliphatic rings. The van der Waals surface area contributed by atoms with Gasteiger partial charge in [-0.15, -0.1) is 0 Å². The summed E-state index contributed by atoms with van der Waals surface area (Å²) in [6.07, 6.45) is 0. The Kier molecular flexibility index (Phi) is 6.04. The molecular formula is C19H26N2O3. The van der Waals surface area contributed by atoms with Gasteiger partial charge in [0.25, 0.3) is 5.91 Å².